The normalized spacial score (nSPS) is 13.6. The van der Waals surface area contributed by atoms with Crippen LogP contribution < -0.4 is 14.2 Å². The van der Waals surface area contributed by atoms with Gasteiger partial charge in [0.05, 0.1) is 20.8 Å². The predicted molar refractivity (Wildman–Crippen MR) is 129 cm³/mol. The molecule has 35 heavy (non-hydrogen) atoms. The molecule has 1 aliphatic rings. The van der Waals surface area contributed by atoms with Crippen LogP contribution in [-0.2, 0) is 16.0 Å². The largest absolute Gasteiger partial charge is 0.513 e. The van der Waals surface area contributed by atoms with E-state index in [1.807, 2.05) is 23.1 Å². The minimum Gasteiger partial charge on any atom is -0.493 e. The van der Waals surface area contributed by atoms with Crippen LogP contribution in [0.2, 0.25) is 0 Å². The number of carbonyl (C=O) groups is 3. The maximum absolute atomic E-state index is 13.0. The van der Waals surface area contributed by atoms with Crippen molar-refractivity contribution in [1.82, 2.24) is 9.80 Å². The highest BCUT2D eigenvalue weighted by molar-refractivity contribution is 5.94. The first-order valence-corrected chi connectivity index (χ1v) is 11.7. The first-order valence-electron chi connectivity index (χ1n) is 11.7. The first kappa shape index (κ1) is 25.9. The van der Waals surface area contributed by atoms with E-state index < -0.39 is 6.16 Å². The standard InChI is InChI=1S/C26H32N2O7/c1-4-34-26(31)35-21-10-8-20(9-11-21)25(30)28-15-5-14-27(16-17-28)24(29)13-7-19-6-12-22(32-2)23(18-19)33-3/h6,8-12,18H,4-5,7,13-17H2,1-3H3. The summed E-state index contributed by atoms with van der Waals surface area (Å²) < 4.78 is 20.4. The Balaban J connectivity index is 1.51. The van der Waals surface area contributed by atoms with Crippen molar-refractivity contribution in [3.63, 3.8) is 0 Å². The molecule has 0 bridgehead atoms. The van der Waals surface area contributed by atoms with Gasteiger partial charge in [0.2, 0.25) is 5.91 Å². The lowest BCUT2D eigenvalue weighted by atomic mass is 10.1. The van der Waals surface area contributed by atoms with E-state index in [1.54, 1.807) is 50.3 Å². The molecule has 2 aromatic rings. The maximum Gasteiger partial charge on any atom is 0.513 e. The van der Waals surface area contributed by atoms with Crippen LogP contribution in [0.15, 0.2) is 42.5 Å². The Morgan fingerprint density at radius 1 is 0.857 bits per heavy atom. The summed E-state index contributed by atoms with van der Waals surface area (Å²) in [5.74, 6) is 1.55. The molecule has 2 aromatic carbocycles. The minimum atomic E-state index is -0.782. The monoisotopic (exact) mass is 484 g/mol. The molecule has 0 N–H and O–H groups in total. The lowest BCUT2D eigenvalue weighted by molar-refractivity contribution is -0.131. The molecule has 3 rings (SSSR count). The molecule has 0 aliphatic carbocycles. The zero-order chi connectivity index (χ0) is 25.2. The van der Waals surface area contributed by atoms with Gasteiger partial charge in [-0.05, 0) is 61.7 Å². The molecular formula is C26H32N2O7. The van der Waals surface area contributed by atoms with Gasteiger partial charge in [0.15, 0.2) is 11.5 Å². The summed E-state index contributed by atoms with van der Waals surface area (Å²) in [6, 6.07) is 12.0. The second-order valence-corrected chi connectivity index (χ2v) is 8.03. The summed E-state index contributed by atoms with van der Waals surface area (Å²) in [5, 5.41) is 0. The van der Waals surface area contributed by atoms with E-state index in [0.29, 0.717) is 68.3 Å². The van der Waals surface area contributed by atoms with Crippen molar-refractivity contribution in [2.45, 2.75) is 26.2 Å². The molecule has 2 amide bonds. The topological polar surface area (TPSA) is 94.6 Å². The third kappa shape index (κ3) is 7.11. The summed E-state index contributed by atoms with van der Waals surface area (Å²) in [5.41, 5.74) is 1.49. The minimum absolute atomic E-state index is 0.0644. The Labute approximate surface area is 205 Å². The molecular weight excluding hydrogens is 452 g/mol. The zero-order valence-corrected chi connectivity index (χ0v) is 20.5. The Bertz CT molecular complexity index is 1020. The van der Waals surface area contributed by atoms with Gasteiger partial charge in [0.25, 0.3) is 5.91 Å². The van der Waals surface area contributed by atoms with Crippen molar-refractivity contribution in [3.8, 4) is 17.2 Å². The van der Waals surface area contributed by atoms with Gasteiger partial charge in [-0.25, -0.2) is 4.79 Å². The van der Waals surface area contributed by atoms with Gasteiger partial charge in [-0.2, -0.15) is 0 Å². The van der Waals surface area contributed by atoms with Gasteiger partial charge < -0.3 is 28.7 Å². The number of amides is 2. The van der Waals surface area contributed by atoms with Crippen molar-refractivity contribution in [1.29, 1.82) is 0 Å². The lowest BCUT2D eigenvalue weighted by Gasteiger charge is -2.22. The van der Waals surface area contributed by atoms with Gasteiger partial charge in [0.1, 0.15) is 5.75 Å². The molecule has 1 fully saturated rings. The predicted octanol–water partition coefficient (Wildman–Crippen LogP) is 3.55. The van der Waals surface area contributed by atoms with E-state index in [-0.39, 0.29) is 18.4 Å². The molecule has 9 heteroatoms. The van der Waals surface area contributed by atoms with Crippen LogP contribution in [0.5, 0.6) is 17.2 Å². The molecule has 0 spiro atoms. The fourth-order valence-electron chi connectivity index (χ4n) is 3.91. The fraction of sp³-hybridized carbons (Fsp3) is 0.423. The number of ether oxygens (including phenoxy) is 4. The second kappa shape index (κ2) is 12.6. The molecule has 0 atom stereocenters. The first-order chi connectivity index (χ1) is 16.9. The van der Waals surface area contributed by atoms with E-state index in [2.05, 4.69) is 0 Å². The number of benzene rings is 2. The van der Waals surface area contributed by atoms with Gasteiger partial charge >= 0.3 is 6.16 Å². The van der Waals surface area contributed by atoms with Crippen molar-refractivity contribution in [3.05, 3.63) is 53.6 Å². The number of aryl methyl sites for hydroxylation is 1. The van der Waals surface area contributed by atoms with E-state index in [1.165, 1.54) is 0 Å². The Morgan fingerprint density at radius 2 is 1.54 bits per heavy atom. The fourth-order valence-corrected chi connectivity index (χ4v) is 3.91. The van der Waals surface area contributed by atoms with E-state index in [0.717, 1.165) is 5.56 Å². The van der Waals surface area contributed by atoms with Gasteiger partial charge in [-0.1, -0.05) is 6.07 Å². The average Bonchev–Trinajstić information content (AvgIpc) is 3.13. The number of hydrogen-bond donors (Lipinski definition) is 0. The Kier molecular flexibility index (Phi) is 9.34. The van der Waals surface area contributed by atoms with Gasteiger partial charge in [-0.3, -0.25) is 9.59 Å². The van der Waals surface area contributed by atoms with Crippen LogP contribution >= 0.6 is 0 Å². The molecule has 1 aliphatic heterocycles. The number of nitrogens with zero attached hydrogens (tertiary/aromatic N) is 2. The van der Waals surface area contributed by atoms with Crippen LogP contribution in [0.4, 0.5) is 4.79 Å². The quantitative estimate of drug-likeness (QED) is 0.418. The zero-order valence-electron chi connectivity index (χ0n) is 20.5. The van der Waals surface area contributed by atoms with E-state index in [4.69, 9.17) is 18.9 Å². The van der Waals surface area contributed by atoms with Crippen LogP contribution in [0.25, 0.3) is 0 Å². The Morgan fingerprint density at radius 3 is 2.23 bits per heavy atom. The smallest absolute Gasteiger partial charge is 0.493 e. The van der Waals surface area contributed by atoms with Crippen molar-refractivity contribution >= 4 is 18.0 Å². The summed E-state index contributed by atoms with van der Waals surface area (Å²) in [7, 11) is 3.17. The van der Waals surface area contributed by atoms with Crippen molar-refractivity contribution in [2.24, 2.45) is 0 Å². The van der Waals surface area contributed by atoms with E-state index in [9.17, 15) is 14.4 Å². The summed E-state index contributed by atoms with van der Waals surface area (Å²) >= 11 is 0. The highest BCUT2D eigenvalue weighted by Crippen LogP contribution is 2.28. The molecule has 188 valence electrons. The number of carbonyl (C=O) groups excluding carboxylic acids is 3. The molecule has 0 unspecified atom stereocenters. The van der Waals surface area contributed by atoms with Crippen LogP contribution in [0.3, 0.4) is 0 Å². The maximum atomic E-state index is 13.0. The molecule has 0 saturated carbocycles. The van der Waals surface area contributed by atoms with Crippen molar-refractivity contribution < 1.29 is 33.3 Å². The summed E-state index contributed by atoms with van der Waals surface area (Å²) in [6.07, 6.45) is 0.900. The highest BCUT2D eigenvalue weighted by Gasteiger charge is 2.23. The SMILES string of the molecule is CCOC(=O)Oc1ccc(C(=O)N2CCCN(C(=O)CCc3ccc(OC)c(OC)c3)CC2)cc1. The van der Waals surface area contributed by atoms with Crippen LogP contribution in [0.1, 0.15) is 35.7 Å². The third-order valence-electron chi connectivity index (χ3n) is 5.78. The number of hydrogen-bond acceptors (Lipinski definition) is 7. The van der Waals surface area contributed by atoms with Crippen LogP contribution in [-0.4, -0.2) is 74.8 Å². The van der Waals surface area contributed by atoms with Crippen molar-refractivity contribution in [2.75, 3.05) is 47.0 Å². The highest BCUT2D eigenvalue weighted by atomic mass is 16.7. The number of rotatable bonds is 8. The molecule has 1 saturated heterocycles. The lowest BCUT2D eigenvalue weighted by Crippen LogP contribution is -2.37. The molecule has 1 heterocycles. The molecule has 0 radical (unpaired) electrons. The average molecular weight is 485 g/mol. The Hall–Kier alpha value is -3.75. The summed E-state index contributed by atoms with van der Waals surface area (Å²) in [4.78, 5) is 40.8. The molecule has 0 aromatic heterocycles. The van der Waals surface area contributed by atoms with Crippen LogP contribution in [0, 0.1) is 0 Å². The summed E-state index contributed by atoms with van der Waals surface area (Å²) in [6.45, 7) is 4.04. The third-order valence-corrected chi connectivity index (χ3v) is 5.78. The van der Waals surface area contributed by atoms with Gasteiger partial charge in [0, 0.05) is 38.2 Å². The second-order valence-electron chi connectivity index (χ2n) is 8.03. The van der Waals surface area contributed by atoms with Gasteiger partial charge in [-0.15, -0.1) is 0 Å². The number of methoxy groups -OCH3 is 2. The van der Waals surface area contributed by atoms with E-state index >= 15 is 0 Å². The molecule has 9 nitrogen and oxygen atoms in total.